The number of thiazole rings is 1. The summed E-state index contributed by atoms with van der Waals surface area (Å²) in [5, 5.41) is 16.0. The summed E-state index contributed by atoms with van der Waals surface area (Å²) in [5.41, 5.74) is 4.62. The average molecular weight is 771 g/mol. The normalized spacial score (nSPS) is 15.3. The fourth-order valence-electron chi connectivity index (χ4n) is 7.37. The first kappa shape index (κ1) is 37.1. The molecule has 5 aromatic rings. The Morgan fingerprint density at radius 3 is 2.61 bits per heavy atom. The van der Waals surface area contributed by atoms with Gasteiger partial charge in [0.25, 0.3) is 11.8 Å². The van der Waals surface area contributed by atoms with Crippen LogP contribution < -0.4 is 14.9 Å². The molecule has 0 spiro atoms. The van der Waals surface area contributed by atoms with Crippen LogP contribution in [0.5, 0.6) is 0 Å². The number of amides is 2. The van der Waals surface area contributed by atoms with Gasteiger partial charge in [0, 0.05) is 48.2 Å². The second kappa shape index (κ2) is 15.6. The largest absolute Gasteiger partial charge is 0.480 e. The van der Waals surface area contributed by atoms with E-state index in [1.54, 1.807) is 36.7 Å². The van der Waals surface area contributed by atoms with Crippen molar-refractivity contribution in [3.8, 4) is 11.1 Å². The Bertz CT molecular complexity index is 2300. The molecule has 0 saturated heterocycles. The van der Waals surface area contributed by atoms with Gasteiger partial charge in [-0.3, -0.25) is 24.4 Å². The number of unbranched alkanes of at least 4 members (excludes halogenated alkanes) is 1. The molecule has 0 bridgehead atoms. The van der Waals surface area contributed by atoms with E-state index in [0.29, 0.717) is 76.3 Å². The van der Waals surface area contributed by atoms with Crippen LogP contribution >= 0.6 is 11.3 Å². The zero-order valence-electron chi connectivity index (χ0n) is 30.1. The molecular weight excluding hydrogens is 729 g/mol. The monoisotopic (exact) mass is 770 g/mol. The Kier molecular flexibility index (Phi) is 10.7. The highest BCUT2D eigenvalue weighted by molar-refractivity contribution is 7.91. The van der Waals surface area contributed by atoms with Crippen LogP contribution in [0.3, 0.4) is 0 Å². The van der Waals surface area contributed by atoms with E-state index in [2.05, 4.69) is 20.4 Å². The number of aromatic nitrogens is 5. The van der Waals surface area contributed by atoms with Crippen LogP contribution in [0.15, 0.2) is 54.9 Å². The van der Waals surface area contributed by atoms with E-state index in [0.717, 1.165) is 36.2 Å². The maximum Gasteiger partial charge on any atom is 0.323 e. The smallest absolute Gasteiger partial charge is 0.323 e. The molecule has 1 aliphatic carbocycles. The van der Waals surface area contributed by atoms with Crippen LogP contribution in [0, 0.1) is 12.8 Å². The van der Waals surface area contributed by atoms with Crippen molar-refractivity contribution in [2.45, 2.75) is 83.6 Å². The van der Waals surface area contributed by atoms with E-state index in [1.165, 1.54) is 24.2 Å². The minimum absolute atomic E-state index is 0.138. The topological polar surface area (TPSA) is 189 Å². The lowest BCUT2D eigenvalue weighted by Gasteiger charge is -2.31. The number of nitrogens with one attached hydrogen (secondary N) is 2. The van der Waals surface area contributed by atoms with Crippen molar-refractivity contribution in [2.75, 3.05) is 16.8 Å². The molecule has 16 heteroatoms. The van der Waals surface area contributed by atoms with Crippen molar-refractivity contribution in [3.05, 3.63) is 82.9 Å². The summed E-state index contributed by atoms with van der Waals surface area (Å²) in [7, 11) is -4.61. The lowest BCUT2D eigenvalue weighted by Crippen LogP contribution is -2.43. The van der Waals surface area contributed by atoms with Crippen LogP contribution in [0.25, 0.3) is 21.5 Å². The SMILES string of the molecule is CCCCC(C(=O)O)S(=O)(=O)NC(=O)c1nc(N2CCc3cccc(C(=O)Nc4nc5cccnc5s4)c3C2)ccc1-c1cnn(CC2CCCC2)c1C. The summed E-state index contributed by atoms with van der Waals surface area (Å²) < 4.78 is 30.7. The molecule has 1 aromatic carbocycles. The van der Waals surface area contributed by atoms with Gasteiger partial charge >= 0.3 is 5.97 Å². The number of anilines is 2. The predicted molar refractivity (Wildman–Crippen MR) is 206 cm³/mol. The van der Waals surface area contributed by atoms with Crippen LogP contribution in [0.2, 0.25) is 0 Å². The number of carbonyl (C=O) groups is 3. The lowest BCUT2D eigenvalue weighted by atomic mass is 9.94. The first-order valence-electron chi connectivity index (χ1n) is 18.2. The molecule has 14 nitrogen and oxygen atoms in total. The summed E-state index contributed by atoms with van der Waals surface area (Å²) >= 11 is 1.29. The zero-order chi connectivity index (χ0) is 38.0. The number of hydrogen-bond donors (Lipinski definition) is 3. The number of carboxylic acids is 1. The maximum absolute atomic E-state index is 14.0. The molecule has 7 rings (SSSR count). The average Bonchev–Trinajstić information content (AvgIpc) is 3.91. The molecule has 2 amide bonds. The fraction of sp³-hybridized carbons (Fsp3) is 0.395. The van der Waals surface area contributed by atoms with Crippen molar-refractivity contribution in [1.29, 1.82) is 0 Å². The molecule has 1 unspecified atom stereocenters. The van der Waals surface area contributed by atoms with E-state index >= 15 is 0 Å². The van der Waals surface area contributed by atoms with Crippen LogP contribution in [0.4, 0.5) is 10.9 Å². The van der Waals surface area contributed by atoms with Gasteiger partial charge in [0.2, 0.25) is 10.0 Å². The number of fused-ring (bicyclic) bond motifs is 2. The van der Waals surface area contributed by atoms with Gasteiger partial charge < -0.3 is 10.0 Å². The molecule has 5 heterocycles. The van der Waals surface area contributed by atoms with E-state index in [9.17, 15) is 27.9 Å². The molecule has 0 radical (unpaired) electrons. The Morgan fingerprint density at radius 2 is 1.85 bits per heavy atom. The summed E-state index contributed by atoms with van der Waals surface area (Å²) in [6, 6.07) is 12.7. The number of carbonyl (C=O) groups excluding carboxylic acids is 2. The van der Waals surface area contributed by atoms with Crippen LogP contribution in [-0.4, -0.2) is 67.8 Å². The van der Waals surface area contributed by atoms with Gasteiger partial charge in [0.15, 0.2) is 10.4 Å². The molecule has 1 saturated carbocycles. The third-order valence-corrected chi connectivity index (χ3v) is 12.9. The van der Waals surface area contributed by atoms with Gasteiger partial charge in [-0.05, 0) is 80.0 Å². The van der Waals surface area contributed by atoms with Crippen molar-refractivity contribution in [2.24, 2.45) is 5.92 Å². The third kappa shape index (κ3) is 7.71. The number of nitrogens with zero attached hydrogens (tertiary/aromatic N) is 6. The Morgan fingerprint density at radius 1 is 1.04 bits per heavy atom. The van der Waals surface area contributed by atoms with Gasteiger partial charge in [-0.2, -0.15) is 5.10 Å². The molecular formula is C38H42N8O6S2. The standard InChI is InChI=1S/C38H42N8O6S2/c1-3-4-14-31(37(49)50)54(51,52)44-35(48)33-26(28-20-40-46(23(28)2)21-24-9-5-6-10-24)15-16-32(42-33)45-19-17-25-11-7-12-27(29(25)22-45)34(47)43-38-41-30-13-8-18-39-36(30)53-38/h7-8,11-13,15-16,18,20,24,31H,3-6,9-10,14,17,19,21-22H2,1-2H3,(H,44,48)(H,49,50)(H,41,43,47). The molecule has 1 atom stereocenters. The highest BCUT2D eigenvalue weighted by Gasteiger charge is 2.35. The van der Waals surface area contributed by atoms with Gasteiger partial charge in [0.05, 0.1) is 6.20 Å². The number of aliphatic carboxylic acids is 1. The quantitative estimate of drug-likeness (QED) is 0.128. The number of rotatable bonds is 13. The Hall–Kier alpha value is -5.22. The number of pyridine rings is 2. The lowest BCUT2D eigenvalue weighted by molar-refractivity contribution is -0.136. The number of sulfonamides is 1. The Balaban J connectivity index is 1.21. The number of carboxylic acid groups (broad SMARTS) is 1. The van der Waals surface area contributed by atoms with E-state index < -0.39 is 27.1 Å². The molecule has 4 aromatic heterocycles. The van der Waals surface area contributed by atoms with Gasteiger partial charge in [-0.15, -0.1) is 0 Å². The van der Waals surface area contributed by atoms with Crippen LogP contribution in [-0.2, 0) is 34.3 Å². The molecule has 1 fully saturated rings. The maximum atomic E-state index is 14.0. The minimum atomic E-state index is -4.61. The zero-order valence-corrected chi connectivity index (χ0v) is 31.8. The Labute approximate surface area is 317 Å². The second-order valence-electron chi connectivity index (χ2n) is 13.9. The van der Waals surface area contributed by atoms with Crippen LogP contribution in [0.1, 0.15) is 89.5 Å². The van der Waals surface area contributed by atoms with E-state index in [1.807, 2.05) is 46.4 Å². The summed E-state index contributed by atoms with van der Waals surface area (Å²) in [4.78, 5) is 55.9. The first-order chi connectivity index (χ1) is 26.0. The van der Waals surface area contributed by atoms with Crippen molar-refractivity contribution < 1.29 is 27.9 Å². The second-order valence-corrected chi connectivity index (χ2v) is 16.7. The van der Waals surface area contributed by atoms with Gasteiger partial charge in [-0.1, -0.05) is 56.1 Å². The van der Waals surface area contributed by atoms with Crippen molar-refractivity contribution >= 4 is 60.4 Å². The highest BCUT2D eigenvalue weighted by atomic mass is 32.2. The van der Waals surface area contributed by atoms with Gasteiger partial charge in [-0.25, -0.2) is 28.1 Å². The molecule has 1 aliphatic heterocycles. The minimum Gasteiger partial charge on any atom is -0.480 e. The first-order valence-corrected chi connectivity index (χ1v) is 20.6. The number of benzene rings is 1. The summed E-state index contributed by atoms with van der Waals surface area (Å²) in [5.74, 6) is -1.96. The van der Waals surface area contributed by atoms with Crippen molar-refractivity contribution in [3.63, 3.8) is 0 Å². The number of hydrogen-bond acceptors (Lipinski definition) is 11. The third-order valence-electron chi connectivity index (χ3n) is 10.3. The highest BCUT2D eigenvalue weighted by Crippen LogP contribution is 2.33. The fourth-order valence-corrected chi connectivity index (χ4v) is 9.42. The molecule has 2 aliphatic rings. The van der Waals surface area contributed by atoms with E-state index in [4.69, 9.17) is 4.98 Å². The van der Waals surface area contributed by atoms with Crippen molar-refractivity contribution in [1.82, 2.24) is 29.5 Å². The summed E-state index contributed by atoms with van der Waals surface area (Å²) in [6.45, 7) is 5.29. The molecule has 54 heavy (non-hydrogen) atoms. The predicted octanol–water partition coefficient (Wildman–Crippen LogP) is 5.97. The molecule has 282 valence electrons. The molecule has 3 N–H and O–H groups in total. The van der Waals surface area contributed by atoms with Gasteiger partial charge in [0.1, 0.15) is 21.9 Å². The van der Waals surface area contributed by atoms with E-state index in [-0.39, 0.29) is 18.0 Å². The summed E-state index contributed by atoms with van der Waals surface area (Å²) in [6.07, 6.45) is 9.36.